The largest absolute Gasteiger partial charge is 0.497 e. The Kier molecular flexibility index (Phi) is 5.27. The van der Waals surface area contributed by atoms with Gasteiger partial charge in [-0.15, -0.1) is 0 Å². The molecule has 0 atom stereocenters. The van der Waals surface area contributed by atoms with Gasteiger partial charge in [0.15, 0.2) is 5.43 Å². The van der Waals surface area contributed by atoms with E-state index in [0.717, 1.165) is 4.47 Å². The minimum absolute atomic E-state index is 0.0543. The number of aromatic nitrogens is 1. The molecule has 3 aromatic rings. The molecule has 0 radical (unpaired) electrons. The fourth-order valence-corrected chi connectivity index (χ4v) is 3.04. The number of nitrogens with zero attached hydrogens (tertiary/aromatic N) is 1. The lowest BCUT2D eigenvalue weighted by molar-refractivity contribution is -0.116. The SMILES string of the molecule is COc1ccc(OC)c(NC(=O)Cn2ccc(=O)c3cc(Br)ccc32)c1. The van der Waals surface area contributed by atoms with E-state index < -0.39 is 0 Å². The average Bonchev–Trinajstić information content (AvgIpc) is 2.64. The second-order valence-corrected chi connectivity index (χ2v) is 6.50. The number of pyridine rings is 1. The second kappa shape index (κ2) is 7.61. The van der Waals surface area contributed by atoms with Crippen LogP contribution in [-0.2, 0) is 11.3 Å². The topological polar surface area (TPSA) is 69.6 Å². The summed E-state index contributed by atoms with van der Waals surface area (Å²) in [5.74, 6) is 0.900. The molecule has 0 unspecified atom stereocenters. The van der Waals surface area contributed by atoms with Gasteiger partial charge >= 0.3 is 0 Å². The number of rotatable bonds is 5. The normalized spacial score (nSPS) is 10.6. The van der Waals surface area contributed by atoms with Crippen molar-refractivity contribution in [1.82, 2.24) is 4.57 Å². The molecule has 6 nitrogen and oxygen atoms in total. The first-order valence-electron chi connectivity index (χ1n) is 7.82. The monoisotopic (exact) mass is 416 g/mol. The highest BCUT2D eigenvalue weighted by Crippen LogP contribution is 2.29. The highest BCUT2D eigenvalue weighted by atomic mass is 79.9. The summed E-state index contributed by atoms with van der Waals surface area (Å²) in [6.45, 7) is 0.0543. The fourth-order valence-electron chi connectivity index (χ4n) is 2.68. The third-order valence-electron chi connectivity index (χ3n) is 3.93. The molecule has 1 aromatic heterocycles. The molecule has 0 spiro atoms. The number of fused-ring (bicyclic) bond motifs is 1. The molecule has 134 valence electrons. The lowest BCUT2D eigenvalue weighted by Gasteiger charge is -2.14. The Morgan fingerprint density at radius 1 is 1.12 bits per heavy atom. The van der Waals surface area contributed by atoms with Crippen LogP contribution in [0.3, 0.4) is 0 Å². The van der Waals surface area contributed by atoms with Gasteiger partial charge in [0.1, 0.15) is 18.0 Å². The highest BCUT2D eigenvalue weighted by molar-refractivity contribution is 9.10. The number of ether oxygens (including phenoxy) is 2. The third kappa shape index (κ3) is 3.72. The minimum atomic E-state index is -0.246. The summed E-state index contributed by atoms with van der Waals surface area (Å²) in [7, 11) is 3.09. The number of carbonyl (C=O) groups is 1. The molecule has 1 N–H and O–H groups in total. The molecule has 2 aromatic carbocycles. The van der Waals surface area contributed by atoms with Gasteiger partial charge in [0.05, 0.1) is 25.4 Å². The van der Waals surface area contributed by atoms with Gasteiger partial charge in [0.25, 0.3) is 0 Å². The van der Waals surface area contributed by atoms with Crippen LogP contribution in [0.15, 0.2) is 57.9 Å². The summed E-state index contributed by atoms with van der Waals surface area (Å²) in [5, 5.41) is 3.37. The standard InChI is InChI=1S/C19H17BrN2O4/c1-25-13-4-6-18(26-2)15(10-13)21-19(24)11-22-8-7-17(23)14-9-12(20)3-5-16(14)22/h3-10H,11H2,1-2H3,(H,21,24). The number of benzene rings is 2. The van der Waals surface area contributed by atoms with Crippen molar-refractivity contribution in [3.05, 3.63) is 63.4 Å². The average molecular weight is 417 g/mol. The number of methoxy groups -OCH3 is 2. The van der Waals surface area contributed by atoms with E-state index in [4.69, 9.17) is 9.47 Å². The Morgan fingerprint density at radius 3 is 2.65 bits per heavy atom. The predicted molar refractivity (Wildman–Crippen MR) is 104 cm³/mol. The molecule has 1 heterocycles. The van der Waals surface area contributed by atoms with Crippen LogP contribution in [0.5, 0.6) is 11.5 Å². The van der Waals surface area contributed by atoms with E-state index in [1.54, 1.807) is 48.2 Å². The van der Waals surface area contributed by atoms with Crippen molar-refractivity contribution in [2.45, 2.75) is 6.54 Å². The molecule has 26 heavy (non-hydrogen) atoms. The lowest BCUT2D eigenvalue weighted by Crippen LogP contribution is -2.20. The van der Waals surface area contributed by atoms with Crippen molar-refractivity contribution in [3.63, 3.8) is 0 Å². The van der Waals surface area contributed by atoms with Gasteiger partial charge in [0.2, 0.25) is 5.91 Å². The first-order chi connectivity index (χ1) is 12.5. The summed E-state index contributed by atoms with van der Waals surface area (Å²) in [6, 6.07) is 12.0. The lowest BCUT2D eigenvalue weighted by atomic mass is 10.2. The fraction of sp³-hybridized carbons (Fsp3) is 0.158. The quantitative estimate of drug-likeness (QED) is 0.691. The van der Waals surface area contributed by atoms with Crippen LogP contribution >= 0.6 is 15.9 Å². The molecular formula is C19H17BrN2O4. The summed E-state index contributed by atoms with van der Waals surface area (Å²) in [5.41, 5.74) is 1.12. The number of carbonyl (C=O) groups excluding carboxylic acids is 1. The smallest absolute Gasteiger partial charge is 0.244 e. The molecule has 3 rings (SSSR count). The summed E-state index contributed by atoms with van der Waals surface area (Å²) < 4.78 is 13.0. The van der Waals surface area contributed by atoms with Crippen LogP contribution in [0.4, 0.5) is 5.69 Å². The number of hydrogen-bond donors (Lipinski definition) is 1. The molecule has 0 saturated heterocycles. The van der Waals surface area contributed by atoms with Crippen molar-refractivity contribution in [2.75, 3.05) is 19.5 Å². The molecule has 0 fully saturated rings. The Balaban J connectivity index is 1.89. The van der Waals surface area contributed by atoms with E-state index in [-0.39, 0.29) is 17.9 Å². The third-order valence-corrected chi connectivity index (χ3v) is 4.43. The van der Waals surface area contributed by atoms with Crippen LogP contribution in [-0.4, -0.2) is 24.7 Å². The second-order valence-electron chi connectivity index (χ2n) is 5.58. The molecule has 0 aliphatic rings. The van der Waals surface area contributed by atoms with Gasteiger partial charge < -0.3 is 19.4 Å². The first kappa shape index (κ1) is 18.0. The van der Waals surface area contributed by atoms with E-state index in [9.17, 15) is 9.59 Å². The van der Waals surface area contributed by atoms with Crippen molar-refractivity contribution >= 4 is 38.4 Å². The highest BCUT2D eigenvalue weighted by Gasteiger charge is 2.11. The van der Waals surface area contributed by atoms with Crippen LogP contribution in [0.25, 0.3) is 10.9 Å². The molecule has 0 bridgehead atoms. The number of amides is 1. The zero-order valence-corrected chi connectivity index (χ0v) is 15.9. The van der Waals surface area contributed by atoms with E-state index >= 15 is 0 Å². The van der Waals surface area contributed by atoms with Crippen LogP contribution in [0.2, 0.25) is 0 Å². The van der Waals surface area contributed by atoms with Gasteiger partial charge in [-0.3, -0.25) is 9.59 Å². The maximum Gasteiger partial charge on any atom is 0.244 e. The number of halogens is 1. The molecule has 1 amide bonds. The Morgan fingerprint density at radius 2 is 1.92 bits per heavy atom. The number of nitrogens with one attached hydrogen (secondary N) is 1. The van der Waals surface area contributed by atoms with Crippen molar-refractivity contribution in [2.24, 2.45) is 0 Å². The zero-order chi connectivity index (χ0) is 18.7. The molecule has 7 heteroatoms. The van der Waals surface area contributed by atoms with E-state index in [0.29, 0.717) is 28.1 Å². The van der Waals surface area contributed by atoms with Gasteiger partial charge in [-0.05, 0) is 30.3 Å². The minimum Gasteiger partial charge on any atom is -0.497 e. The van der Waals surface area contributed by atoms with Crippen molar-refractivity contribution in [3.8, 4) is 11.5 Å². The van der Waals surface area contributed by atoms with Crippen LogP contribution in [0, 0.1) is 0 Å². The van der Waals surface area contributed by atoms with Crippen molar-refractivity contribution in [1.29, 1.82) is 0 Å². The van der Waals surface area contributed by atoms with E-state index in [1.807, 2.05) is 6.07 Å². The van der Waals surface area contributed by atoms with E-state index in [1.165, 1.54) is 13.2 Å². The zero-order valence-electron chi connectivity index (χ0n) is 14.3. The molecule has 0 aliphatic carbocycles. The predicted octanol–water partition coefficient (Wildman–Crippen LogP) is 3.42. The van der Waals surface area contributed by atoms with Gasteiger partial charge in [0, 0.05) is 28.2 Å². The van der Waals surface area contributed by atoms with Crippen LogP contribution in [0.1, 0.15) is 0 Å². The summed E-state index contributed by atoms with van der Waals surface area (Å²) in [4.78, 5) is 24.6. The van der Waals surface area contributed by atoms with Gasteiger partial charge in [-0.2, -0.15) is 0 Å². The summed E-state index contributed by atoms with van der Waals surface area (Å²) in [6.07, 6.45) is 1.61. The van der Waals surface area contributed by atoms with Gasteiger partial charge in [-0.25, -0.2) is 0 Å². The molecule has 0 saturated carbocycles. The molecule has 0 aliphatic heterocycles. The Labute approximate surface area is 158 Å². The maximum atomic E-state index is 12.5. The van der Waals surface area contributed by atoms with Crippen molar-refractivity contribution < 1.29 is 14.3 Å². The summed E-state index contributed by atoms with van der Waals surface area (Å²) >= 11 is 3.36. The van der Waals surface area contributed by atoms with E-state index in [2.05, 4.69) is 21.2 Å². The maximum absolute atomic E-state index is 12.5. The Hall–Kier alpha value is -2.80. The Bertz CT molecular complexity index is 1030. The number of hydrogen-bond acceptors (Lipinski definition) is 4. The molecular weight excluding hydrogens is 400 g/mol. The van der Waals surface area contributed by atoms with Crippen LogP contribution < -0.4 is 20.2 Å². The number of anilines is 1. The van der Waals surface area contributed by atoms with Gasteiger partial charge in [-0.1, -0.05) is 15.9 Å². The first-order valence-corrected chi connectivity index (χ1v) is 8.61.